The van der Waals surface area contributed by atoms with Crippen molar-refractivity contribution in [3.05, 3.63) is 24.4 Å². The second kappa shape index (κ2) is 8.85. The van der Waals surface area contributed by atoms with Crippen molar-refractivity contribution in [3.8, 4) is 0 Å². The van der Waals surface area contributed by atoms with Crippen LogP contribution in [0.5, 0.6) is 0 Å². The molecule has 0 amide bonds. The molecule has 0 aliphatic rings. The minimum atomic E-state index is -2.56. The number of rotatable bonds is 9. The highest BCUT2D eigenvalue weighted by molar-refractivity contribution is 6.66. The summed E-state index contributed by atoms with van der Waals surface area (Å²) in [7, 11) is -2.56. The first kappa shape index (κ1) is 14.6. The van der Waals surface area contributed by atoms with Gasteiger partial charge in [-0.15, -0.1) is 6.58 Å². The van der Waals surface area contributed by atoms with Gasteiger partial charge in [-0.1, -0.05) is 12.2 Å². The molecule has 0 saturated heterocycles. The zero-order valence-electron chi connectivity index (χ0n) is 9.99. The Morgan fingerprint density at radius 1 is 1.00 bits per heavy atom. The fourth-order valence-electron chi connectivity index (χ4n) is 1.18. The summed E-state index contributed by atoms with van der Waals surface area (Å²) >= 11 is 0. The second-order valence-corrected chi connectivity index (χ2v) is 5.24. The lowest BCUT2D eigenvalue weighted by Crippen LogP contribution is -2.44. The van der Waals surface area contributed by atoms with Crippen LogP contribution in [-0.4, -0.2) is 28.6 Å². The van der Waals surface area contributed by atoms with Gasteiger partial charge in [0, 0.05) is 19.8 Å². The number of hydrogen-bond donors (Lipinski definition) is 0. The molecule has 0 aliphatic carbocycles. The molecule has 0 saturated carbocycles. The summed E-state index contributed by atoms with van der Waals surface area (Å²) in [6.07, 6.45) is 4.63. The highest BCUT2D eigenvalue weighted by atomic mass is 28.4. The van der Waals surface area contributed by atoms with E-state index in [4.69, 9.17) is 13.3 Å². The van der Waals surface area contributed by atoms with Crippen LogP contribution in [0.25, 0.3) is 0 Å². The Morgan fingerprint density at radius 2 is 1.47 bits per heavy atom. The van der Waals surface area contributed by atoms with Gasteiger partial charge in [-0.25, -0.2) is 0 Å². The van der Waals surface area contributed by atoms with Crippen LogP contribution in [0, 0.1) is 0 Å². The summed E-state index contributed by atoms with van der Waals surface area (Å²) < 4.78 is 16.9. The fraction of sp³-hybridized carbons (Fsp3) is 0.636. The molecule has 0 spiro atoms. The molecule has 0 bridgehead atoms. The first-order chi connectivity index (χ1) is 7.24. The Balaban J connectivity index is 4.51. The lowest BCUT2D eigenvalue weighted by molar-refractivity contribution is 0.0842. The van der Waals surface area contributed by atoms with Crippen molar-refractivity contribution >= 4 is 8.80 Å². The molecule has 0 radical (unpaired) electrons. The van der Waals surface area contributed by atoms with Gasteiger partial charge in [-0.05, 0) is 32.9 Å². The molecule has 0 aromatic rings. The molecule has 88 valence electrons. The monoisotopic (exact) mass is 230 g/mol. The molecule has 0 unspecified atom stereocenters. The smallest absolute Gasteiger partial charge is 0.371 e. The third-order valence-corrected chi connectivity index (χ3v) is 4.38. The zero-order valence-corrected chi connectivity index (χ0v) is 11.0. The van der Waals surface area contributed by atoms with E-state index >= 15 is 0 Å². The summed E-state index contributed by atoms with van der Waals surface area (Å²) in [5.41, 5.74) is 1.94. The molecule has 0 rings (SSSR count). The van der Waals surface area contributed by atoms with Gasteiger partial charge in [0.05, 0.1) is 0 Å². The van der Waals surface area contributed by atoms with E-state index in [2.05, 4.69) is 6.58 Å². The van der Waals surface area contributed by atoms with Gasteiger partial charge in [0.2, 0.25) is 0 Å². The molecule has 15 heavy (non-hydrogen) atoms. The molecule has 0 N–H and O–H groups in total. The average Bonchev–Trinajstić information content (AvgIpc) is 2.19. The third kappa shape index (κ3) is 5.89. The Kier molecular flexibility index (Phi) is 8.60. The maximum absolute atomic E-state index is 5.63. The predicted octanol–water partition coefficient (Wildman–Crippen LogP) is 2.71. The van der Waals surface area contributed by atoms with Crippen LogP contribution in [0.4, 0.5) is 0 Å². The van der Waals surface area contributed by atoms with Crippen LogP contribution in [-0.2, 0) is 13.3 Å². The Labute approximate surface area is 94.1 Å². The molecule has 0 aromatic carbocycles. The minimum absolute atomic E-state index is 0.602. The number of allylic oxidation sites excluding steroid dienone is 2. The topological polar surface area (TPSA) is 27.7 Å². The molecule has 0 heterocycles. The molecule has 0 atom stereocenters. The van der Waals surface area contributed by atoms with Gasteiger partial charge < -0.3 is 13.3 Å². The summed E-state index contributed by atoms with van der Waals surface area (Å²) in [5, 5.41) is 0. The molecule has 4 heteroatoms. The first-order valence-corrected chi connectivity index (χ1v) is 7.25. The zero-order chi connectivity index (χ0) is 11.6. The average molecular weight is 230 g/mol. The van der Waals surface area contributed by atoms with E-state index in [1.165, 1.54) is 0 Å². The SMILES string of the molecule is C=CCC=C[Si](OCC)(OCC)OCC. The van der Waals surface area contributed by atoms with Crippen molar-refractivity contribution < 1.29 is 13.3 Å². The van der Waals surface area contributed by atoms with Gasteiger partial charge in [0.25, 0.3) is 0 Å². The van der Waals surface area contributed by atoms with Crippen molar-refractivity contribution in [1.82, 2.24) is 0 Å². The highest BCUT2D eigenvalue weighted by Crippen LogP contribution is 2.12. The van der Waals surface area contributed by atoms with Crippen LogP contribution in [0.2, 0.25) is 0 Å². The van der Waals surface area contributed by atoms with E-state index in [1.807, 2.05) is 38.6 Å². The van der Waals surface area contributed by atoms with Crippen LogP contribution in [0.1, 0.15) is 27.2 Å². The summed E-state index contributed by atoms with van der Waals surface area (Å²) in [6, 6.07) is 0. The molecular formula is C11H22O3Si. The molecule has 3 nitrogen and oxygen atoms in total. The summed E-state index contributed by atoms with van der Waals surface area (Å²) in [6.45, 7) is 11.3. The van der Waals surface area contributed by atoms with E-state index in [0.717, 1.165) is 6.42 Å². The van der Waals surface area contributed by atoms with Crippen molar-refractivity contribution in [1.29, 1.82) is 0 Å². The van der Waals surface area contributed by atoms with E-state index in [0.29, 0.717) is 19.8 Å². The first-order valence-electron chi connectivity index (χ1n) is 5.45. The van der Waals surface area contributed by atoms with Gasteiger partial charge in [-0.3, -0.25) is 0 Å². The minimum Gasteiger partial charge on any atom is -0.371 e. The Morgan fingerprint density at radius 3 is 1.80 bits per heavy atom. The molecule has 0 aromatic heterocycles. The van der Waals surface area contributed by atoms with Crippen LogP contribution < -0.4 is 0 Å². The number of hydrogen-bond acceptors (Lipinski definition) is 3. The fourth-order valence-corrected chi connectivity index (χ4v) is 3.35. The Bertz CT molecular complexity index is 175. The van der Waals surface area contributed by atoms with Crippen molar-refractivity contribution in [3.63, 3.8) is 0 Å². The van der Waals surface area contributed by atoms with Crippen molar-refractivity contribution in [2.45, 2.75) is 27.2 Å². The normalized spacial score (nSPS) is 12.2. The maximum Gasteiger partial charge on any atom is 0.529 e. The van der Waals surface area contributed by atoms with Gasteiger partial charge in [-0.2, -0.15) is 0 Å². The van der Waals surface area contributed by atoms with Crippen LogP contribution in [0.15, 0.2) is 24.4 Å². The lowest BCUT2D eigenvalue weighted by atomic mass is 10.4. The van der Waals surface area contributed by atoms with Gasteiger partial charge >= 0.3 is 8.80 Å². The van der Waals surface area contributed by atoms with E-state index in [9.17, 15) is 0 Å². The van der Waals surface area contributed by atoms with Gasteiger partial charge in [0.1, 0.15) is 0 Å². The highest BCUT2D eigenvalue weighted by Gasteiger charge is 2.37. The van der Waals surface area contributed by atoms with Crippen molar-refractivity contribution in [2.24, 2.45) is 0 Å². The molecule has 0 fully saturated rings. The predicted molar refractivity (Wildman–Crippen MR) is 64.6 cm³/mol. The van der Waals surface area contributed by atoms with E-state index < -0.39 is 8.80 Å². The van der Waals surface area contributed by atoms with E-state index in [-0.39, 0.29) is 0 Å². The van der Waals surface area contributed by atoms with Crippen LogP contribution >= 0.6 is 0 Å². The van der Waals surface area contributed by atoms with Crippen molar-refractivity contribution in [2.75, 3.05) is 19.8 Å². The largest absolute Gasteiger partial charge is 0.529 e. The molecule has 0 aliphatic heterocycles. The maximum atomic E-state index is 5.63. The van der Waals surface area contributed by atoms with Crippen LogP contribution in [0.3, 0.4) is 0 Å². The lowest BCUT2D eigenvalue weighted by Gasteiger charge is -2.25. The molecular weight excluding hydrogens is 208 g/mol. The quantitative estimate of drug-likeness (QED) is 0.450. The van der Waals surface area contributed by atoms with E-state index in [1.54, 1.807) is 0 Å². The third-order valence-electron chi connectivity index (χ3n) is 1.66. The Hall–Kier alpha value is -0.423. The van der Waals surface area contributed by atoms with Gasteiger partial charge in [0.15, 0.2) is 0 Å². The summed E-state index contributed by atoms with van der Waals surface area (Å²) in [4.78, 5) is 0. The second-order valence-electron chi connectivity index (χ2n) is 2.83. The summed E-state index contributed by atoms with van der Waals surface area (Å²) in [5.74, 6) is 0. The standard InChI is InChI=1S/C11H22O3Si/c1-5-9-10-11-15(12-6-2,13-7-3)14-8-4/h5,10-11H,1,6-9H2,2-4H3.